The number of anilines is 1. The molecule has 1 amide bonds. The molecule has 0 aliphatic heterocycles. The molecule has 4 rings (SSSR count). The summed E-state index contributed by atoms with van der Waals surface area (Å²) in [6.07, 6.45) is 1.40. The largest absolute Gasteiger partial charge is 0.444 e. The zero-order chi connectivity index (χ0) is 20.7. The van der Waals surface area contributed by atoms with E-state index in [1.807, 2.05) is 26.8 Å². The van der Waals surface area contributed by atoms with Crippen molar-refractivity contribution in [2.24, 2.45) is 0 Å². The highest BCUT2D eigenvalue weighted by Crippen LogP contribution is 2.27. The average molecular weight is 450 g/mol. The third-order valence-corrected chi connectivity index (χ3v) is 5.00. The van der Waals surface area contributed by atoms with Gasteiger partial charge in [0, 0.05) is 5.39 Å². The van der Waals surface area contributed by atoms with E-state index in [-0.39, 0.29) is 17.1 Å². The number of nitrogens with one attached hydrogen (secondary N) is 1. The molecule has 0 bridgehead atoms. The Labute approximate surface area is 175 Å². The van der Waals surface area contributed by atoms with Crippen LogP contribution >= 0.6 is 15.9 Å². The minimum Gasteiger partial charge on any atom is -0.444 e. The number of hydrogen-bond acceptors (Lipinski definition) is 5. The van der Waals surface area contributed by atoms with Crippen molar-refractivity contribution in [3.05, 3.63) is 69.2 Å². The fraction of sp³-hybridized carbons (Fsp3) is 0.143. The number of carbonyl (C=O) groups excluding carboxylic acids is 1. The second-order valence-corrected chi connectivity index (χ2v) is 7.55. The molecule has 1 aromatic carbocycles. The van der Waals surface area contributed by atoms with E-state index in [0.717, 1.165) is 27.6 Å². The van der Waals surface area contributed by atoms with E-state index in [1.54, 1.807) is 6.07 Å². The monoisotopic (exact) mass is 449 g/mol. The van der Waals surface area contributed by atoms with E-state index in [2.05, 4.69) is 44.5 Å². The number of rotatable bonds is 3. The molecule has 0 radical (unpaired) electrons. The number of halogens is 1. The molecule has 4 aromatic rings. The van der Waals surface area contributed by atoms with Crippen LogP contribution in [-0.2, 0) is 0 Å². The van der Waals surface area contributed by atoms with Crippen LogP contribution in [0, 0.1) is 32.1 Å². The molecular formula is C21H16BrN5O2. The molecule has 0 aliphatic carbocycles. The van der Waals surface area contributed by atoms with Crippen molar-refractivity contribution < 1.29 is 9.21 Å². The molecule has 1 N–H and O–H groups in total. The molecule has 0 aliphatic rings. The van der Waals surface area contributed by atoms with Gasteiger partial charge in [0.1, 0.15) is 11.6 Å². The van der Waals surface area contributed by atoms with Gasteiger partial charge in [-0.3, -0.25) is 4.79 Å². The van der Waals surface area contributed by atoms with E-state index in [1.165, 1.54) is 16.9 Å². The summed E-state index contributed by atoms with van der Waals surface area (Å²) in [6.45, 7) is 6.06. The third kappa shape index (κ3) is 3.41. The lowest BCUT2D eigenvalue weighted by Crippen LogP contribution is -2.16. The van der Waals surface area contributed by atoms with Crippen molar-refractivity contribution in [3.63, 3.8) is 0 Å². The van der Waals surface area contributed by atoms with Crippen LogP contribution in [-0.4, -0.2) is 20.7 Å². The number of furan rings is 1. The van der Waals surface area contributed by atoms with Crippen LogP contribution < -0.4 is 5.32 Å². The van der Waals surface area contributed by atoms with Crippen LogP contribution in [0.3, 0.4) is 0 Å². The molecule has 0 saturated carbocycles. The molecule has 0 fully saturated rings. The lowest BCUT2D eigenvalue weighted by atomic mass is 10.0. The second kappa shape index (κ2) is 7.18. The standard InChI is InChI=1S/C21H16BrN5O2/c1-11-6-13(3)19-15(7-11)12(2)8-18(25-19)27-20(14(9-23)10-24-27)26-21(28)16-4-5-17(22)29-16/h4-8,10H,1-3H3,(H,26,28). The number of benzene rings is 1. The van der Waals surface area contributed by atoms with Gasteiger partial charge in [-0.15, -0.1) is 0 Å². The van der Waals surface area contributed by atoms with Gasteiger partial charge in [0.2, 0.25) is 0 Å². The number of aryl methyl sites for hydroxylation is 3. The first-order valence-corrected chi connectivity index (χ1v) is 9.60. The summed E-state index contributed by atoms with van der Waals surface area (Å²) >= 11 is 3.17. The summed E-state index contributed by atoms with van der Waals surface area (Å²) in [5.41, 5.74) is 4.31. The van der Waals surface area contributed by atoms with Crippen LogP contribution in [0.4, 0.5) is 5.82 Å². The zero-order valence-corrected chi connectivity index (χ0v) is 17.5. The number of hydrogen-bond donors (Lipinski definition) is 1. The molecule has 8 heteroatoms. The Hall–Kier alpha value is -3.44. The maximum atomic E-state index is 12.6. The van der Waals surface area contributed by atoms with Gasteiger partial charge >= 0.3 is 0 Å². The van der Waals surface area contributed by atoms with E-state index < -0.39 is 5.91 Å². The highest BCUT2D eigenvalue weighted by atomic mass is 79.9. The van der Waals surface area contributed by atoms with Crippen molar-refractivity contribution in [3.8, 4) is 11.9 Å². The topological polar surface area (TPSA) is 96.7 Å². The van der Waals surface area contributed by atoms with Crippen molar-refractivity contribution in [2.45, 2.75) is 20.8 Å². The maximum Gasteiger partial charge on any atom is 0.292 e. The number of carbonyl (C=O) groups is 1. The number of fused-ring (bicyclic) bond motifs is 1. The Balaban J connectivity index is 1.83. The molecular weight excluding hydrogens is 434 g/mol. The van der Waals surface area contributed by atoms with Crippen LogP contribution in [0.2, 0.25) is 0 Å². The zero-order valence-electron chi connectivity index (χ0n) is 15.9. The van der Waals surface area contributed by atoms with Crippen LogP contribution in [0.5, 0.6) is 0 Å². The van der Waals surface area contributed by atoms with E-state index >= 15 is 0 Å². The first-order chi connectivity index (χ1) is 13.9. The molecule has 0 unspecified atom stereocenters. The highest BCUT2D eigenvalue weighted by molar-refractivity contribution is 9.10. The molecule has 0 spiro atoms. The number of amides is 1. The number of nitrogens with zero attached hydrogens (tertiary/aromatic N) is 4. The van der Waals surface area contributed by atoms with Gasteiger partial charge in [0.05, 0.1) is 11.7 Å². The van der Waals surface area contributed by atoms with Crippen molar-refractivity contribution >= 4 is 38.6 Å². The Morgan fingerprint density at radius 3 is 2.69 bits per heavy atom. The summed E-state index contributed by atoms with van der Waals surface area (Å²) in [5.74, 6) is 0.376. The molecule has 3 aromatic heterocycles. The Morgan fingerprint density at radius 2 is 2.00 bits per heavy atom. The number of nitriles is 1. The fourth-order valence-corrected chi connectivity index (χ4v) is 3.57. The molecule has 0 saturated heterocycles. The smallest absolute Gasteiger partial charge is 0.292 e. The molecule has 144 valence electrons. The summed E-state index contributed by atoms with van der Waals surface area (Å²) in [7, 11) is 0. The summed E-state index contributed by atoms with van der Waals surface area (Å²) in [6, 6.07) is 11.3. The first-order valence-electron chi connectivity index (χ1n) is 8.81. The second-order valence-electron chi connectivity index (χ2n) is 6.76. The average Bonchev–Trinajstić information content (AvgIpc) is 3.28. The summed E-state index contributed by atoms with van der Waals surface area (Å²) < 4.78 is 7.19. The van der Waals surface area contributed by atoms with Gasteiger partial charge in [-0.2, -0.15) is 15.0 Å². The SMILES string of the molecule is Cc1cc(C)c2nc(-n3ncc(C#N)c3NC(=O)c3ccc(Br)o3)cc(C)c2c1. The number of aromatic nitrogens is 3. The Bertz CT molecular complexity index is 1310. The molecule has 0 atom stereocenters. The quantitative estimate of drug-likeness (QED) is 0.483. The van der Waals surface area contributed by atoms with E-state index in [4.69, 9.17) is 9.40 Å². The number of pyridine rings is 1. The lowest BCUT2D eigenvalue weighted by molar-refractivity contribution is 0.0994. The lowest BCUT2D eigenvalue weighted by Gasteiger charge is -2.12. The third-order valence-electron chi connectivity index (χ3n) is 4.58. The van der Waals surface area contributed by atoms with Crippen molar-refractivity contribution in [1.82, 2.24) is 14.8 Å². The first kappa shape index (κ1) is 18.9. The highest BCUT2D eigenvalue weighted by Gasteiger charge is 2.19. The normalized spacial score (nSPS) is 10.9. The Morgan fingerprint density at radius 1 is 1.21 bits per heavy atom. The van der Waals surface area contributed by atoms with Gasteiger partial charge in [-0.05, 0) is 72.1 Å². The van der Waals surface area contributed by atoms with Gasteiger partial charge in [0.15, 0.2) is 22.1 Å². The van der Waals surface area contributed by atoms with Crippen LogP contribution in [0.25, 0.3) is 16.7 Å². The van der Waals surface area contributed by atoms with E-state index in [9.17, 15) is 10.1 Å². The summed E-state index contributed by atoms with van der Waals surface area (Å²) in [4.78, 5) is 17.3. The minimum absolute atomic E-state index is 0.113. The molecule has 7 nitrogen and oxygen atoms in total. The Kier molecular flexibility index (Phi) is 4.68. The van der Waals surface area contributed by atoms with Gasteiger partial charge in [-0.25, -0.2) is 4.98 Å². The fourth-order valence-electron chi connectivity index (χ4n) is 3.27. The molecule has 3 heterocycles. The van der Waals surface area contributed by atoms with Crippen molar-refractivity contribution in [1.29, 1.82) is 5.26 Å². The van der Waals surface area contributed by atoms with Gasteiger partial charge in [-0.1, -0.05) is 11.6 Å². The van der Waals surface area contributed by atoms with Crippen molar-refractivity contribution in [2.75, 3.05) is 5.32 Å². The maximum absolute atomic E-state index is 12.6. The summed E-state index contributed by atoms with van der Waals surface area (Å²) in [5, 5.41) is 17.5. The minimum atomic E-state index is -0.488. The predicted molar refractivity (Wildman–Crippen MR) is 112 cm³/mol. The van der Waals surface area contributed by atoms with Gasteiger partial charge in [0.25, 0.3) is 5.91 Å². The van der Waals surface area contributed by atoms with Crippen LogP contribution in [0.15, 0.2) is 45.6 Å². The molecule has 29 heavy (non-hydrogen) atoms. The van der Waals surface area contributed by atoms with Gasteiger partial charge < -0.3 is 9.73 Å². The predicted octanol–water partition coefficient (Wildman–Crippen LogP) is 4.83. The van der Waals surface area contributed by atoms with E-state index in [0.29, 0.717) is 10.5 Å². The van der Waals surface area contributed by atoms with Crippen LogP contribution in [0.1, 0.15) is 32.8 Å².